The highest BCUT2D eigenvalue weighted by atomic mass is 32.2. The number of carbonyl (C=O) groups is 4. The maximum Gasteiger partial charge on any atom is 0.306 e. The van der Waals surface area contributed by atoms with Crippen molar-refractivity contribution in [2.75, 3.05) is 6.54 Å². The minimum Gasteiger partial charge on any atom is -0.473 e. The van der Waals surface area contributed by atoms with Crippen molar-refractivity contribution in [3.05, 3.63) is 65.5 Å². The van der Waals surface area contributed by atoms with E-state index in [-0.39, 0.29) is 73.4 Å². The van der Waals surface area contributed by atoms with Gasteiger partial charge in [0, 0.05) is 24.9 Å². The molecule has 1 N–H and O–H groups in total. The largest absolute Gasteiger partial charge is 0.473 e. The summed E-state index contributed by atoms with van der Waals surface area (Å²) in [6.45, 7) is 4.33. The number of ether oxygens (including phenoxy) is 2. The van der Waals surface area contributed by atoms with Gasteiger partial charge in [-0.1, -0.05) is 62.1 Å². The number of aromatic nitrogens is 1. The molecule has 2 bridgehead atoms. The van der Waals surface area contributed by atoms with Crippen LogP contribution < -0.4 is 15.0 Å². The van der Waals surface area contributed by atoms with Crippen molar-refractivity contribution >= 4 is 33.6 Å². The second kappa shape index (κ2) is 16.8. The van der Waals surface area contributed by atoms with E-state index in [0.29, 0.717) is 30.8 Å². The third-order valence-corrected chi connectivity index (χ3v) is 15.8. The monoisotopic (exact) mass is 815 g/mol. The lowest BCUT2D eigenvalue weighted by Gasteiger charge is -2.31. The van der Waals surface area contributed by atoms with E-state index >= 15 is 0 Å². The second-order valence-corrected chi connectivity index (χ2v) is 19.8. The van der Waals surface area contributed by atoms with Gasteiger partial charge in [-0.05, 0) is 99.7 Å². The fraction of sp³-hybridized carbons (Fsp3) is 0.622. The zero-order chi connectivity index (χ0) is 40.6. The van der Waals surface area contributed by atoms with Crippen LogP contribution in [-0.4, -0.2) is 71.5 Å². The number of fused-ring (bicyclic) bond motifs is 4. The van der Waals surface area contributed by atoms with Gasteiger partial charge in [-0.2, -0.15) is 0 Å². The minimum absolute atomic E-state index is 0.0465. The van der Waals surface area contributed by atoms with Crippen molar-refractivity contribution in [3.8, 4) is 17.0 Å². The Hall–Kier alpha value is -4.26. The number of hydrogen-bond acceptors (Lipinski definition) is 9. The molecule has 58 heavy (non-hydrogen) atoms. The number of carbonyl (C=O) groups excluding carboxylic acids is 4. The van der Waals surface area contributed by atoms with Gasteiger partial charge in [-0.25, -0.2) is 8.42 Å². The number of benzene rings is 1. The van der Waals surface area contributed by atoms with Crippen LogP contribution >= 0.6 is 0 Å². The Bertz CT molecular complexity index is 2070. The number of nitrogens with one attached hydrogen (secondary N) is 1. The van der Waals surface area contributed by atoms with E-state index in [9.17, 15) is 32.4 Å². The Morgan fingerprint density at radius 2 is 1.59 bits per heavy atom. The molecule has 8 rings (SSSR count). The van der Waals surface area contributed by atoms with Crippen LogP contribution in [0.25, 0.3) is 11.1 Å². The maximum absolute atomic E-state index is 15.0. The average Bonchev–Trinajstić information content (AvgIpc) is 4.00. The van der Waals surface area contributed by atoms with Gasteiger partial charge in [0.2, 0.25) is 21.8 Å². The van der Waals surface area contributed by atoms with Crippen molar-refractivity contribution in [1.82, 2.24) is 14.2 Å². The maximum atomic E-state index is 15.0. The Morgan fingerprint density at radius 1 is 0.862 bits per heavy atom. The molecule has 2 amide bonds. The molecule has 3 heterocycles. The summed E-state index contributed by atoms with van der Waals surface area (Å²) in [5.41, 5.74) is -0.124. The normalized spacial score (nSPS) is 30.9. The van der Waals surface area contributed by atoms with E-state index in [0.717, 1.165) is 76.2 Å². The van der Waals surface area contributed by atoms with Gasteiger partial charge in [0.1, 0.15) is 12.2 Å². The Balaban J connectivity index is 1.13. The first-order valence-corrected chi connectivity index (χ1v) is 23.2. The fourth-order valence-electron chi connectivity index (χ4n) is 10.4. The van der Waals surface area contributed by atoms with Crippen LogP contribution in [0.3, 0.4) is 0 Å². The number of pyridine rings is 1. The van der Waals surface area contributed by atoms with Gasteiger partial charge in [-0.15, -0.1) is 6.58 Å². The van der Waals surface area contributed by atoms with E-state index in [1.807, 2.05) is 30.3 Å². The van der Waals surface area contributed by atoms with Gasteiger partial charge in [0.25, 0.3) is 5.56 Å². The van der Waals surface area contributed by atoms with E-state index in [1.54, 1.807) is 27.7 Å². The molecule has 2 aliphatic heterocycles. The zero-order valence-electron chi connectivity index (χ0n) is 33.4. The summed E-state index contributed by atoms with van der Waals surface area (Å²) in [6.07, 6.45) is 11.5. The fourth-order valence-corrected chi connectivity index (χ4v) is 11.8. The molecule has 312 valence electrons. The Kier molecular flexibility index (Phi) is 11.7. The molecule has 5 fully saturated rings. The van der Waals surface area contributed by atoms with Crippen LogP contribution in [0.4, 0.5) is 0 Å². The molecular formula is C45H57N3O9S. The Morgan fingerprint density at radius 3 is 2.31 bits per heavy atom. The number of sulfonamides is 1. The summed E-state index contributed by atoms with van der Waals surface area (Å²) in [4.78, 5) is 72.8. The van der Waals surface area contributed by atoms with E-state index in [4.69, 9.17) is 9.47 Å². The van der Waals surface area contributed by atoms with Gasteiger partial charge < -0.3 is 14.4 Å². The van der Waals surface area contributed by atoms with Crippen LogP contribution in [0.5, 0.6) is 5.88 Å². The van der Waals surface area contributed by atoms with Crippen LogP contribution in [0, 0.1) is 29.1 Å². The number of rotatable bonds is 9. The first kappa shape index (κ1) is 40.5. The first-order chi connectivity index (χ1) is 28.0. The molecule has 1 aromatic carbocycles. The number of hydrogen-bond donors (Lipinski definition) is 1. The molecule has 2 aromatic rings. The molecule has 4 aliphatic carbocycles. The van der Waals surface area contributed by atoms with Crippen molar-refractivity contribution < 1.29 is 37.1 Å². The second-order valence-electron chi connectivity index (χ2n) is 17.8. The van der Waals surface area contributed by atoms with Gasteiger partial charge in [0.05, 0.1) is 35.6 Å². The van der Waals surface area contributed by atoms with E-state index in [1.165, 1.54) is 0 Å². The molecule has 7 atom stereocenters. The molecule has 6 aliphatic rings. The summed E-state index contributed by atoms with van der Waals surface area (Å²) in [5.74, 6) is -2.28. The molecular weight excluding hydrogens is 759 g/mol. The van der Waals surface area contributed by atoms with Crippen molar-refractivity contribution in [3.63, 3.8) is 0 Å². The third kappa shape index (κ3) is 8.43. The quantitative estimate of drug-likeness (QED) is 0.233. The lowest BCUT2D eigenvalue weighted by Crippen LogP contribution is -2.47. The average molecular weight is 816 g/mol. The topological polar surface area (TPSA) is 158 Å². The minimum atomic E-state index is -3.86. The number of ketones is 1. The summed E-state index contributed by atoms with van der Waals surface area (Å²) in [7, 11) is -3.86. The third-order valence-electron chi connectivity index (χ3n) is 14.0. The molecule has 0 radical (unpaired) electrons. The molecule has 4 saturated carbocycles. The smallest absolute Gasteiger partial charge is 0.306 e. The number of esters is 1. The lowest BCUT2D eigenvalue weighted by atomic mass is 9.86. The lowest BCUT2D eigenvalue weighted by molar-refractivity contribution is -0.156. The number of nitrogens with zero attached hydrogens (tertiary/aromatic N) is 2. The highest BCUT2D eigenvalue weighted by Crippen LogP contribution is 2.57. The van der Waals surface area contributed by atoms with Gasteiger partial charge >= 0.3 is 5.97 Å². The number of allylic oxidation sites excluding steroid dienone is 1. The summed E-state index contributed by atoms with van der Waals surface area (Å²) in [6, 6.07) is 12.1. The summed E-state index contributed by atoms with van der Waals surface area (Å²) < 4.78 is 42.4. The van der Waals surface area contributed by atoms with Crippen molar-refractivity contribution in [1.29, 1.82) is 0 Å². The Labute approximate surface area is 341 Å². The predicted molar refractivity (Wildman–Crippen MR) is 217 cm³/mol. The van der Waals surface area contributed by atoms with Crippen LogP contribution in [0.2, 0.25) is 0 Å². The first-order valence-electron chi connectivity index (χ1n) is 21.6. The van der Waals surface area contributed by atoms with Crippen molar-refractivity contribution in [2.24, 2.45) is 29.1 Å². The highest BCUT2D eigenvalue weighted by molar-refractivity contribution is 7.90. The van der Waals surface area contributed by atoms with E-state index in [2.05, 4.69) is 11.3 Å². The predicted octanol–water partition coefficient (Wildman–Crippen LogP) is 6.11. The van der Waals surface area contributed by atoms with Crippen molar-refractivity contribution in [2.45, 2.75) is 139 Å². The SMILES string of the molecule is C=C[C@@H]1C[C@]1(CC(=O)[C@@H]1C[C@@H]2CN1C(=O)[C@H](C1CCCC1)CC(=O)O[C@@H]1CCC[C@H]1CCCCCn1c(ccc(-c3ccccc3)c1=O)O2)C(=O)NS(=O)(=O)C1CC1. The molecule has 12 nitrogen and oxygen atoms in total. The molecule has 1 saturated heterocycles. The standard InChI is InChI=1S/C45H57N3O9S/c1-2-32-26-45(32,44(53)46-58(54,55)34-19-20-34)27-38(49)37-24-33-28-48(37)43(52)36(30-14-8-9-15-30)25-41(50)57-39-18-11-17-31(39)16-7-4-10-23-47-40(56-33)22-21-35(42(47)51)29-12-5-3-6-13-29/h2-3,5-6,12-13,21-22,30-34,36-37,39H,1,4,7-11,14-20,23-28H2,(H,46,53)/t31-,32-,33-,36+,37+,39-,45-/m1/s1. The number of amides is 2. The molecule has 0 unspecified atom stereocenters. The molecule has 0 spiro atoms. The number of Topliss-reactive ketones (excluding diaryl/α,β-unsaturated/α-hetero) is 1. The zero-order valence-corrected chi connectivity index (χ0v) is 34.2. The van der Waals surface area contributed by atoms with Crippen LogP contribution in [0.1, 0.15) is 109 Å². The summed E-state index contributed by atoms with van der Waals surface area (Å²) >= 11 is 0. The van der Waals surface area contributed by atoms with E-state index < -0.39 is 50.6 Å². The van der Waals surface area contributed by atoms with Crippen LogP contribution in [0.15, 0.2) is 59.9 Å². The van der Waals surface area contributed by atoms with Gasteiger partial charge in [-0.3, -0.25) is 33.3 Å². The summed E-state index contributed by atoms with van der Waals surface area (Å²) in [5, 5.41) is -0.609. The van der Waals surface area contributed by atoms with Gasteiger partial charge in [0.15, 0.2) is 11.7 Å². The molecule has 1 aromatic heterocycles. The molecule has 13 heteroatoms. The highest BCUT2D eigenvalue weighted by Gasteiger charge is 2.61. The van der Waals surface area contributed by atoms with Crippen LogP contribution in [-0.2, 0) is 40.5 Å².